The molecule has 5 N–H and O–H groups in total. The zero-order chi connectivity index (χ0) is 24.7. The number of halogens is 1. The Labute approximate surface area is 200 Å². The Balaban J connectivity index is 1.61. The monoisotopic (exact) mass is 495 g/mol. The molecular formula is C23H22FN7O3S. The van der Waals surface area contributed by atoms with Gasteiger partial charge in [0.05, 0.1) is 16.9 Å². The second-order valence-corrected chi connectivity index (χ2v) is 9.71. The van der Waals surface area contributed by atoms with Gasteiger partial charge in [-0.2, -0.15) is 0 Å². The number of aromatic nitrogens is 3. The highest BCUT2D eigenvalue weighted by molar-refractivity contribution is 7.89. The zero-order valence-electron chi connectivity index (χ0n) is 18.9. The Bertz CT molecular complexity index is 1580. The molecule has 0 amide bonds. The van der Waals surface area contributed by atoms with Crippen molar-refractivity contribution in [3.05, 3.63) is 54.1 Å². The fourth-order valence-electron chi connectivity index (χ4n) is 3.96. The van der Waals surface area contributed by atoms with Crippen molar-refractivity contribution in [2.24, 2.45) is 0 Å². The molecule has 1 aliphatic heterocycles. The summed E-state index contributed by atoms with van der Waals surface area (Å²) in [6, 6.07) is 7.93. The molecule has 0 radical (unpaired) electrons. The molecule has 0 unspecified atom stereocenters. The minimum atomic E-state index is -3.72. The van der Waals surface area contributed by atoms with Crippen molar-refractivity contribution in [1.82, 2.24) is 19.7 Å². The number of pyridine rings is 1. The van der Waals surface area contributed by atoms with E-state index >= 15 is 4.39 Å². The van der Waals surface area contributed by atoms with Gasteiger partial charge in [0.1, 0.15) is 17.2 Å². The van der Waals surface area contributed by atoms with Crippen molar-refractivity contribution < 1.29 is 17.5 Å². The fourth-order valence-corrected chi connectivity index (χ4v) is 4.85. The number of benzene rings is 2. The average Bonchev–Trinajstić information content (AvgIpc) is 2.87. The summed E-state index contributed by atoms with van der Waals surface area (Å²) in [6.45, 7) is 2.97. The summed E-state index contributed by atoms with van der Waals surface area (Å²) in [6.07, 6.45) is 2.94. The van der Waals surface area contributed by atoms with Gasteiger partial charge >= 0.3 is 0 Å². The number of nitrogens with zero attached hydrogens (tertiary/aromatic N) is 3. The predicted octanol–water partition coefficient (Wildman–Crippen LogP) is 3.18. The minimum Gasteiger partial charge on any atom is -0.474 e. The molecule has 0 aliphatic carbocycles. The van der Waals surface area contributed by atoms with E-state index in [0.29, 0.717) is 41.2 Å². The van der Waals surface area contributed by atoms with Crippen LogP contribution in [-0.2, 0) is 10.0 Å². The van der Waals surface area contributed by atoms with E-state index in [1.807, 2.05) is 6.92 Å². The lowest BCUT2D eigenvalue weighted by molar-refractivity contribution is 0.310. The van der Waals surface area contributed by atoms with Crippen LogP contribution in [0, 0.1) is 12.7 Å². The van der Waals surface area contributed by atoms with E-state index in [2.05, 4.69) is 30.3 Å². The molecule has 2 aromatic carbocycles. The molecule has 5 rings (SSSR count). The summed E-state index contributed by atoms with van der Waals surface area (Å²) in [5, 5.41) is 6.51. The van der Waals surface area contributed by atoms with Crippen LogP contribution in [0.2, 0.25) is 0 Å². The maximum Gasteiger partial charge on any atom is 0.242 e. The van der Waals surface area contributed by atoms with Crippen LogP contribution in [0.3, 0.4) is 0 Å². The molecule has 0 atom stereocenters. The second-order valence-electron chi connectivity index (χ2n) is 7.86. The minimum absolute atomic E-state index is 0.0379. The van der Waals surface area contributed by atoms with Crippen molar-refractivity contribution in [3.63, 3.8) is 0 Å². The van der Waals surface area contributed by atoms with Gasteiger partial charge < -0.3 is 21.1 Å². The van der Waals surface area contributed by atoms with Crippen molar-refractivity contribution >= 4 is 43.9 Å². The summed E-state index contributed by atoms with van der Waals surface area (Å²) >= 11 is 0. The smallest absolute Gasteiger partial charge is 0.242 e. The third kappa shape index (κ3) is 3.96. The number of fused-ring (bicyclic) bond motifs is 2. The fraction of sp³-hybridized carbons (Fsp3) is 0.174. The molecule has 35 heavy (non-hydrogen) atoms. The van der Waals surface area contributed by atoms with E-state index < -0.39 is 15.8 Å². The van der Waals surface area contributed by atoms with Crippen molar-refractivity contribution in [1.29, 1.82) is 0 Å². The summed E-state index contributed by atoms with van der Waals surface area (Å²) < 4.78 is 48.0. The molecule has 10 nitrogen and oxygen atoms in total. The van der Waals surface area contributed by atoms with Crippen LogP contribution >= 0.6 is 0 Å². The van der Waals surface area contributed by atoms with Crippen LogP contribution in [0.25, 0.3) is 22.0 Å². The number of sulfonamides is 1. The highest BCUT2D eigenvalue weighted by Crippen LogP contribution is 2.39. The van der Waals surface area contributed by atoms with Crippen LogP contribution in [0.4, 0.5) is 27.4 Å². The quantitative estimate of drug-likeness (QED) is 0.307. The molecule has 0 saturated carbocycles. The lowest BCUT2D eigenvalue weighted by atomic mass is 9.98. The van der Waals surface area contributed by atoms with Gasteiger partial charge in [-0.3, -0.25) is 0 Å². The van der Waals surface area contributed by atoms with Crippen molar-refractivity contribution in [2.45, 2.75) is 11.8 Å². The van der Waals surface area contributed by atoms with E-state index in [0.717, 1.165) is 5.56 Å². The Morgan fingerprint density at radius 3 is 2.77 bits per heavy atom. The van der Waals surface area contributed by atoms with E-state index in [9.17, 15) is 8.42 Å². The number of ether oxygens (including phenoxy) is 1. The Hall–Kier alpha value is -4.03. The topological polar surface area (TPSA) is 144 Å². The third-order valence-electron chi connectivity index (χ3n) is 5.79. The SMILES string of the molecule is CNS(=O)(=O)c1ccccc1Nc1ncc2c(N)c(F)c(-c3cnc4c(c3C)NCCO4)cc2n1. The first-order valence-corrected chi connectivity index (χ1v) is 12.2. The van der Waals surface area contributed by atoms with Gasteiger partial charge in [-0.25, -0.2) is 32.5 Å². The van der Waals surface area contributed by atoms with Crippen LogP contribution in [0.15, 0.2) is 47.6 Å². The van der Waals surface area contributed by atoms with Crippen LogP contribution in [0.1, 0.15) is 5.56 Å². The number of para-hydroxylation sites is 1. The third-order valence-corrected chi connectivity index (χ3v) is 7.26. The van der Waals surface area contributed by atoms with Gasteiger partial charge in [0.25, 0.3) is 0 Å². The van der Waals surface area contributed by atoms with Gasteiger partial charge in [0.2, 0.25) is 21.9 Å². The van der Waals surface area contributed by atoms with E-state index in [4.69, 9.17) is 10.5 Å². The van der Waals surface area contributed by atoms with Gasteiger partial charge in [0.15, 0.2) is 5.82 Å². The number of nitrogens with two attached hydrogens (primary N) is 1. The lowest BCUT2D eigenvalue weighted by Gasteiger charge is -2.22. The summed E-state index contributed by atoms with van der Waals surface area (Å²) in [4.78, 5) is 13.0. The molecule has 2 aromatic heterocycles. The molecular weight excluding hydrogens is 473 g/mol. The van der Waals surface area contributed by atoms with Crippen LogP contribution in [0.5, 0.6) is 5.88 Å². The first-order chi connectivity index (χ1) is 16.8. The van der Waals surface area contributed by atoms with E-state index in [1.165, 1.54) is 19.3 Å². The molecule has 0 saturated heterocycles. The number of hydrogen-bond donors (Lipinski definition) is 4. The van der Waals surface area contributed by atoms with E-state index in [-0.39, 0.29) is 27.8 Å². The van der Waals surface area contributed by atoms with Crippen molar-refractivity contribution in [2.75, 3.05) is 36.6 Å². The molecule has 1 aliphatic rings. The summed E-state index contributed by atoms with van der Waals surface area (Å²) in [5.74, 6) is -0.00641. The van der Waals surface area contributed by atoms with Gasteiger partial charge in [-0.1, -0.05) is 12.1 Å². The summed E-state index contributed by atoms with van der Waals surface area (Å²) in [5.41, 5.74) is 8.96. The average molecular weight is 496 g/mol. The highest BCUT2D eigenvalue weighted by Gasteiger charge is 2.22. The van der Waals surface area contributed by atoms with Crippen LogP contribution in [-0.4, -0.2) is 43.6 Å². The second kappa shape index (κ2) is 8.64. The Morgan fingerprint density at radius 1 is 1.17 bits per heavy atom. The molecule has 12 heteroatoms. The standard InChI is InChI=1S/C23H22FN7O3S/c1-12-14(10-28-22-21(12)27-7-8-34-22)13-9-17-15(20(25)19(13)24)11-29-23(31-17)30-16-5-3-4-6-18(16)35(32,33)26-2/h3-6,9-11,26-27H,7-8,25H2,1-2H3,(H,29,30,31). The number of rotatable bonds is 5. The molecule has 0 bridgehead atoms. The first kappa shape index (κ1) is 22.7. The Morgan fingerprint density at radius 2 is 1.97 bits per heavy atom. The normalized spacial score (nSPS) is 13.1. The summed E-state index contributed by atoms with van der Waals surface area (Å²) in [7, 11) is -2.39. The number of nitrogen functional groups attached to an aromatic ring is 1. The largest absolute Gasteiger partial charge is 0.474 e. The Kier molecular flexibility index (Phi) is 5.61. The molecule has 0 spiro atoms. The lowest BCUT2D eigenvalue weighted by Crippen LogP contribution is -2.20. The molecule has 0 fully saturated rings. The number of anilines is 4. The van der Waals surface area contributed by atoms with Gasteiger partial charge in [-0.15, -0.1) is 0 Å². The maximum absolute atomic E-state index is 15.4. The van der Waals surface area contributed by atoms with Gasteiger partial charge in [0, 0.05) is 35.5 Å². The van der Waals surface area contributed by atoms with Crippen molar-refractivity contribution in [3.8, 4) is 17.0 Å². The van der Waals surface area contributed by atoms with Gasteiger partial charge in [-0.05, 0) is 37.7 Å². The molecule has 3 heterocycles. The zero-order valence-corrected chi connectivity index (χ0v) is 19.7. The van der Waals surface area contributed by atoms with E-state index in [1.54, 1.807) is 30.5 Å². The highest BCUT2D eigenvalue weighted by atomic mass is 32.2. The maximum atomic E-state index is 15.4. The predicted molar refractivity (Wildman–Crippen MR) is 132 cm³/mol. The number of hydrogen-bond acceptors (Lipinski definition) is 9. The van der Waals surface area contributed by atoms with Crippen LogP contribution < -0.4 is 25.8 Å². The first-order valence-electron chi connectivity index (χ1n) is 10.7. The molecule has 180 valence electrons. The molecule has 4 aromatic rings. The number of nitrogens with one attached hydrogen (secondary N) is 3.